The smallest absolute Gasteiger partial charge is 0.803 e. The van der Waals surface area contributed by atoms with Gasteiger partial charge in [0.25, 0.3) is 0 Å². The molecule has 0 aromatic carbocycles. The maximum absolute atomic E-state index is 10.2. The SMILES string of the molecule is O.O.O.O=P([O-])([O-])SCc1ccncc1.[Li+].[Li+]. The summed E-state index contributed by atoms with van der Waals surface area (Å²) in [5.74, 6) is 0.187. The van der Waals surface area contributed by atoms with Crippen molar-refractivity contribution in [3.63, 3.8) is 0 Å². The molecule has 0 bridgehead atoms. The zero-order valence-electron chi connectivity index (χ0n) is 9.54. The monoisotopic (exact) mass is 271 g/mol. The van der Waals surface area contributed by atoms with Crippen LogP contribution >= 0.6 is 18.2 Å². The minimum atomic E-state index is -4.43. The van der Waals surface area contributed by atoms with E-state index in [0.717, 1.165) is 5.56 Å². The average molecular weight is 271 g/mol. The third-order valence-electron chi connectivity index (χ3n) is 1.14. The Hall–Kier alpha value is 0.725. The number of hydrogen-bond acceptors (Lipinski definition) is 5. The van der Waals surface area contributed by atoms with E-state index in [1.54, 1.807) is 24.5 Å². The Bertz CT molecular complexity index is 300. The Balaban J connectivity index is -0.0000000960. The van der Waals surface area contributed by atoms with Gasteiger partial charge in [0.05, 0.1) is 0 Å². The number of pyridine rings is 1. The molecule has 11 heteroatoms. The van der Waals surface area contributed by atoms with Crippen LogP contribution in [0.4, 0.5) is 0 Å². The minimum Gasteiger partial charge on any atom is -0.803 e. The molecule has 17 heavy (non-hydrogen) atoms. The Morgan fingerprint density at radius 1 is 1.12 bits per heavy atom. The van der Waals surface area contributed by atoms with E-state index in [0.29, 0.717) is 11.4 Å². The van der Waals surface area contributed by atoms with Crippen molar-refractivity contribution < 1.29 is 68.5 Å². The summed E-state index contributed by atoms with van der Waals surface area (Å²) in [4.78, 5) is 24.2. The van der Waals surface area contributed by atoms with Gasteiger partial charge in [-0.15, -0.1) is 11.4 Å². The van der Waals surface area contributed by atoms with Gasteiger partial charge in [-0.1, -0.05) is 0 Å². The molecule has 7 nitrogen and oxygen atoms in total. The number of nitrogens with zero attached hydrogens (tertiary/aromatic N) is 1. The zero-order chi connectivity index (χ0) is 9.03. The molecule has 0 radical (unpaired) electrons. The first kappa shape index (κ1) is 30.6. The first-order valence-electron chi connectivity index (χ1n) is 3.13. The Morgan fingerprint density at radius 3 is 1.88 bits per heavy atom. The predicted molar refractivity (Wildman–Crippen MR) is 54.0 cm³/mol. The third-order valence-corrected chi connectivity index (χ3v) is 3.25. The summed E-state index contributed by atoms with van der Waals surface area (Å²) in [6.07, 6.45) is 3.10. The van der Waals surface area contributed by atoms with E-state index in [4.69, 9.17) is 0 Å². The fourth-order valence-corrected chi connectivity index (χ4v) is 2.05. The molecule has 0 atom stereocenters. The maximum atomic E-state index is 10.2. The Morgan fingerprint density at radius 2 is 1.53 bits per heavy atom. The first-order valence-corrected chi connectivity index (χ1v) is 6.27. The molecule has 1 heterocycles. The predicted octanol–water partition coefficient (Wildman–Crippen LogP) is -8.32. The molecule has 0 aliphatic rings. The molecule has 0 aliphatic carbocycles. The molecule has 0 fully saturated rings. The van der Waals surface area contributed by atoms with Crippen LogP contribution in [0.1, 0.15) is 5.56 Å². The normalized spacial score (nSPS) is 8.12. The summed E-state index contributed by atoms with van der Waals surface area (Å²) in [6.45, 7) is -4.43. The van der Waals surface area contributed by atoms with E-state index in [1.807, 2.05) is 0 Å². The number of hydrogen-bond donors (Lipinski definition) is 0. The van der Waals surface area contributed by atoms with Crippen LogP contribution in [0.5, 0.6) is 0 Å². The average Bonchev–Trinajstić information content (AvgIpc) is 2.02. The molecule has 0 saturated carbocycles. The van der Waals surface area contributed by atoms with Crippen LogP contribution in [0.15, 0.2) is 24.5 Å². The largest absolute Gasteiger partial charge is 1.00 e. The van der Waals surface area contributed by atoms with E-state index in [2.05, 4.69) is 4.98 Å². The summed E-state index contributed by atoms with van der Waals surface area (Å²) >= 11 is 0.403. The Labute approximate surface area is 127 Å². The van der Waals surface area contributed by atoms with Crippen molar-refractivity contribution in [2.24, 2.45) is 0 Å². The van der Waals surface area contributed by atoms with Gasteiger partial charge >= 0.3 is 37.7 Å². The van der Waals surface area contributed by atoms with Crippen molar-refractivity contribution in [1.29, 1.82) is 0 Å². The molecular formula is C6H12Li2NO6PS. The summed E-state index contributed by atoms with van der Waals surface area (Å²) in [5.41, 5.74) is 0.780. The maximum Gasteiger partial charge on any atom is 1.00 e. The van der Waals surface area contributed by atoms with E-state index >= 15 is 0 Å². The fourth-order valence-electron chi connectivity index (χ4n) is 0.633. The van der Waals surface area contributed by atoms with E-state index < -0.39 is 6.80 Å². The molecule has 0 saturated heterocycles. The summed E-state index contributed by atoms with van der Waals surface area (Å²) in [5, 5.41) is 0. The quantitative estimate of drug-likeness (QED) is 0.391. The number of aromatic nitrogens is 1. The summed E-state index contributed by atoms with van der Waals surface area (Å²) < 4.78 is 10.2. The molecular weight excluding hydrogens is 259 g/mol. The first-order chi connectivity index (χ1) is 5.58. The van der Waals surface area contributed by atoms with Gasteiger partial charge in [0.15, 0.2) is 0 Å². The minimum absolute atomic E-state index is 0. The molecule has 0 amide bonds. The van der Waals surface area contributed by atoms with Crippen molar-refractivity contribution in [2.75, 3.05) is 0 Å². The second-order valence-electron chi connectivity index (χ2n) is 2.08. The second-order valence-corrected chi connectivity index (χ2v) is 5.63. The van der Waals surface area contributed by atoms with Gasteiger partial charge in [0.2, 0.25) is 0 Å². The van der Waals surface area contributed by atoms with Crippen molar-refractivity contribution in [3.8, 4) is 0 Å². The van der Waals surface area contributed by atoms with Gasteiger partial charge in [0, 0.05) is 18.1 Å². The van der Waals surface area contributed by atoms with E-state index in [1.165, 1.54) is 0 Å². The van der Waals surface area contributed by atoms with Crippen LogP contribution in [0, 0.1) is 0 Å². The topological polar surface area (TPSA) is 171 Å². The van der Waals surface area contributed by atoms with Crippen molar-refractivity contribution >= 4 is 18.2 Å². The van der Waals surface area contributed by atoms with Crippen LogP contribution < -0.4 is 47.5 Å². The van der Waals surface area contributed by atoms with Gasteiger partial charge in [-0.05, 0) is 24.5 Å². The molecule has 0 aliphatic heterocycles. The van der Waals surface area contributed by atoms with E-state index in [-0.39, 0.29) is 59.9 Å². The molecule has 1 rings (SSSR count). The second kappa shape index (κ2) is 14.8. The molecule has 6 N–H and O–H groups in total. The van der Waals surface area contributed by atoms with Crippen LogP contribution in [0.25, 0.3) is 0 Å². The van der Waals surface area contributed by atoms with Crippen molar-refractivity contribution in [1.82, 2.24) is 4.98 Å². The summed E-state index contributed by atoms with van der Waals surface area (Å²) in [7, 11) is 0. The van der Waals surface area contributed by atoms with Crippen LogP contribution in [-0.2, 0) is 10.3 Å². The van der Waals surface area contributed by atoms with Gasteiger partial charge in [-0.3, -0.25) is 4.98 Å². The van der Waals surface area contributed by atoms with Crippen LogP contribution in [-0.4, -0.2) is 21.4 Å². The molecule has 1 aromatic rings. The molecule has 0 unspecified atom stereocenters. The van der Waals surface area contributed by atoms with Crippen LogP contribution in [0.3, 0.4) is 0 Å². The van der Waals surface area contributed by atoms with Gasteiger partial charge in [0.1, 0.15) is 0 Å². The zero-order valence-corrected chi connectivity index (χ0v) is 11.3. The third kappa shape index (κ3) is 16.7. The molecule has 1 aromatic heterocycles. The standard InChI is InChI=1S/C6H8NO3PS.2Li.3H2O/c8-11(9,10)12-5-6-1-3-7-4-2-6;;;;;/h1-4H,5H2,(H2,8,9,10);;;3*1H2/q;2*+1;;;/p-2. The van der Waals surface area contributed by atoms with Gasteiger partial charge < -0.3 is 30.8 Å². The number of rotatable bonds is 3. The van der Waals surface area contributed by atoms with Gasteiger partial charge in [-0.2, -0.15) is 0 Å². The molecule has 90 valence electrons. The van der Waals surface area contributed by atoms with Gasteiger partial charge in [-0.25, -0.2) is 0 Å². The summed E-state index contributed by atoms with van der Waals surface area (Å²) in [6, 6.07) is 3.34. The van der Waals surface area contributed by atoms with E-state index in [9.17, 15) is 14.4 Å². The van der Waals surface area contributed by atoms with Crippen molar-refractivity contribution in [2.45, 2.75) is 5.75 Å². The van der Waals surface area contributed by atoms with Crippen LogP contribution in [0.2, 0.25) is 0 Å². The molecule has 0 spiro atoms. The Kier molecular flexibility index (Phi) is 26.6. The fraction of sp³-hybridized carbons (Fsp3) is 0.167. The van der Waals surface area contributed by atoms with Crippen molar-refractivity contribution in [3.05, 3.63) is 30.1 Å².